The summed E-state index contributed by atoms with van der Waals surface area (Å²) in [6.07, 6.45) is 0. The van der Waals surface area contributed by atoms with Gasteiger partial charge in [-0.25, -0.2) is 0 Å². The number of halogens is 1. The van der Waals surface area contributed by atoms with Gasteiger partial charge in [0.15, 0.2) is 0 Å². The fourth-order valence-corrected chi connectivity index (χ4v) is 2.72. The number of carbonyl (C=O) groups excluding carboxylic acids is 1. The molecule has 5 heteroatoms. The summed E-state index contributed by atoms with van der Waals surface area (Å²) in [5, 5.41) is 4.85. The van der Waals surface area contributed by atoms with E-state index in [2.05, 4.69) is 21.2 Å². The Morgan fingerprint density at radius 3 is 2.58 bits per heavy atom. The highest BCUT2D eigenvalue weighted by Gasteiger charge is 2.18. The van der Waals surface area contributed by atoms with Crippen molar-refractivity contribution in [2.24, 2.45) is 5.73 Å². The summed E-state index contributed by atoms with van der Waals surface area (Å²) in [4.78, 5) is 12.9. The molecule has 0 radical (unpaired) electrons. The van der Waals surface area contributed by atoms with Crippen LogP contribution in [0.1, 0.15) is 29.4 Å². The second-order valence-corrected chi connectivity index (χ2v) is 6.17. The summed E-state index contributed by atoms with van der Waals surface area (Å²) in [5.74, 6) is -0.155. The van der Waals surface area contributed by atoms with Gasteiger partial charge in [-0.3, -0.25) is 4.79 Å². The van der Waals surface area contributed by atoms with E-state index in [4.69, 9.17) is 5.73 Å². The fraction of sp³-hybridized carbons (Fsp3) is 0.214. The Kier molecular flexibility index (Phi) is 4.74. The van der Waals surface area contributed by atoms with E-state index in [1.165, 1.54) is 11.3 Å². The summed E-state index contributed by atoms with van der Waals surface area (Å²) >= 11 is 4.88. The molecule has 3 N–H and O–H groups in total. The van der Waals surface area contributed by atoms with Crippen LogP contribution in [-0.4, -0.2) is 5.91 Å². The maximum Gasteiger partial charge on any atom is 0.242 e. The Morgan fingerprint density at radius 1 is 1.32 bits per heavy atom. The van der Waals surface area contributed by atoms with Crippen LogP contribution in [-0.2, 0) is 4.79 Å². The van der Waals surface area contributed by atoms with E-state index in [0.29, 0.717) is 0 Å². The molecule has 0 saturated carbocycles. The Hall–Kier alpha value is -1.17. The lowest BCUT2D eigenvalue weighted by Gasteiger charge is -2.17. The molecule has 2 aromatic rings. The number of benzene rings is 1. The van der Waals surface area contributed by atoms with Gasteiger partial charge in [0.25, 0.3) is 0 Å². The van der Waals surface area contributed by atoms with Crippen LogP contribution >= 0.6 is 27.3 Å². The fourth-order valence-electron chi connectivity index (χ4n) is 1.74. The van der Waals surface area contributed by atoms with Crippen molar-refractivity contribution in [3.8, 4) is 0 Å². The molecule has 1 amide bonds. The van der Waals surface area contributed by atoms with Gasteiger partial charge in [-0.2, -0.15) is 0 Å². The molecule has 0 fully saturated rings. The number of nitrogens with one attached hydrogen (secondary N) is 1. The van der Waals surface area contributed by atoms with E-state index in [9.17, 15) is 4.79 Å². The van der Waals surface area contributed by atoms with Gasteiger partial charge in [0.2, 0.25) is 5.91 Å². The van der Waals surface area contributed by atoms with Crippen molar-refractivity contribution >= 4 is 33.2 Å². The molecule has 0 aliphatic rings. The van der Waals surface area contributed by atoms with Crippen LogP contribution < -0.4 is 11.1 Å². The van der Waals surface area contributed by atoms with Gasteiger partial charge in [-0.1, -0.05) is 34.1 Å². The largest absolute Gasteiger partial charge is 0.348 e. The predicted molar refractivity (Wildman–Crippen MR) is 81.9 cm³/mol. The quantitative estimate of drug-likeness (QED) is 0.897. The van der Waals surface area contributed by atoms with Crippen LogP contribution in [0.5, 0.6) is 0 Å². The van der Waals surface area contributed by atoms with Crippen molar-refractivity contribution in [1.29, 1.82) is 0 Å². The number of nitrogens with two attached hydrogens (primary N) is 1. The average Bonchev–Trinajstić information content (AvgIpc) is 2.92. The zero-order valence-electron chi connectivity index (χ0n) is 10.5. The lowest BCUT2D eigenvalue weighted by molar-refractivity contribution is -0.123. The summed E-state index contributed by atoms with van der Waals surface area (Å²) in [5.41, 5.74) is 6.98. The SMILES string of the molecule is C[C@H](NC(=O)C(N)c1cccs1)c1ccc(Br)cc1. The molecule has 0 aliphatic heterocycles. The minimum absolute atomic E-state index is 0.0633. The van der Waals surface area contributed by atoms with Gasteiger partial charge in [0.05, 0.1) is 6.04 Å². The normalized spacial score (nSPS) is 13.8. The van der Waals surface area contributed by atoms with E-state index in [0.717, 1.165) is 14.9 Å². The molecule has 2 atom stereocenters. The Balaban J connectivity index is 2.00. The van der Waals surface area contributed by atoms with E-state index in [1.54, 1.807) is 0 Å². The van der Waals surface area contributed by atoms with Gasteiger partial charge < -0.3 is 11.1 Å². The first-order valence-corrected chi connectivity index (χ1v) is 7.60. The highest BCUT2D eigenvalue weighted by atomic mass is 79.9. The van der Waals surface area contributed by atoms with Crippen LogP contribution in [0.4, 0.5) is 0 Å². The second-order valence-electron chi connectivity index (χ2n) is 4.27. The molecule has 2 rings (SSSR count). The van der Waals surface area contributed by atoms with Gasteiger partial charge in [-0.05, 0) is 36.1 Å². The van der Waals surface area contributed by atoms with Crippen LogP contribution in [0.2, 0.25) is 0 Å². The molecule has 19 heavy (non-hydrogen) atoms. The molecule has 1 unspecified atom stereocenters. The summed E-state index contributed by atoms with van der Waals surface area (Å²) in [6, 6.07) is 11.0. The average molecular weight is 339 g/mol. The molecule has 0 saturated heterocycles. The maximum absolute atomic E-state index is 12.1. The van der Waals surface area contributed by atoms with Crippen LogP contribution in [0.15, 0.2) is 46.3 Å². The summed E-state index contributed by atoms with van der Waals surface area (Å²) in [7, 11) is 0. The van der Waals surface area contributed by atoms with E-state index in [1.807, 2.05) is 48.7 Å². The lowest BCUT2D eigenvalue weighted by Crippen LogP contribution is -2.35. The lowest BCUT2D eigenvalue weighted by atomic mass is 10.1. The predicted octanol–water partition coefficient (Wildman–Crippen LogP) is 3.39. The molecular formula is C14H15BrN2OS. The minimum Gasteiger partial charge on any atom is -0.348 e. The first-order valence-electron chi connectivity index (χ1n) is 5.93. The number of amides is 1. The third-order valence-electron chi connectivity index (χ3n) is 2.86. The Morgan fingerprint density at radius 2 is 2.00 bits per heavy atom. The smallest absolute Gasteiger partial charge is 0.242 e. The molecule has 1 aromatic carbocycles. The first-order chi connectivity index (χ1) is 9.08. The van der Waals surface area contributed by atoms with Gasteiger partial charge in [0.1, 0.15) is 6.04 Å². The van der Waals surface area contributed by atoms with Crippen molar-refractivity contribution in [2.75, 3.05) is 0 Å². The van der Waals surface area contributed by atoms with Crippen molar-refractivity contribution in [3.63, 3.8) is 0 Å². The molecule has 0 aliphatic carbocycles. The number of hydrogen-bond donors (Lipinski definition) is 2. The minimum atomic E-state index is -0.599. The topological polar surface area (TPSA) is 55.1 Å². The van der Waals surface area contributed by atoms with Gasteiger partial charge in [-0.15, -0.1) is 11.3 Å². The van der Waals surface area contributed by atoms with Gasteiger partial charge in [0, 0.05) is 9.35 Å². The molecule has 1 heterocycles. The number of carbonyl (C=O) groups is 1. The number of hydrogen-bond acceptors (Lipinski definition) is 3. The standard InChI is InChI=1S/C14H15BrN2OS/c1-9(10-4-6-11(15)7-5-10)17-14(18)13(16)12-3-2-8-19-12/h2-9,13H,16H2,1H3,(H,17,18)/t9-,13?/m0/s1. The van der Waals surface area contributed by atoms with Crippen LogP contribution in [0.25, 0.3) is 0 Å². The molecule has 1 aromatic heterocycles. The van der Waals surface area contributed by atoms with Crippen LogP contribution in [0, 0.1) is 0 Å². The number of thiophene rings is 1. The molecule has 3 nitrogen and oxygen atoms in total. The van der Waals surface area contributed by atoms with Crippen molar-refractivity contribution < 1.29 is 4.79 Å². The molecule has 0 bridgehead atoms. The molecule has 0 spiro atoms. The Bertz CT molecular complexity index is 539. The van der Waals surface area contributed by atoms with Gasteiger partial charge >= 0.3 is 0 Å². The molecule has 100 valence electrons. The third kappa shape index (κ3) is 3.65. The summed E-state index contributed by atoms with van der Waals surface area (Å²) in [6.45, 7) is 1.95. The van der Waals surface area contributed by atoms with E-state index < -0.39 is 6.04 Å². The third-order valence-corrected chi connectivity index (χ3v) is 4.35. The summed E-state index contributed by atoms with van der Waals surface area (Å²) < 4.78 is 1.02. The molecular weight excluding hydrogens is 324 g/mol. The first kappa shape index (κ1) is 14.2. The van der Waals surface area contributed by atoms with Crippen molar-refractivity contribution in [2.45, 2.75) is 19.0 Å². The monoisotopic (exact) mass is 338 g/mol. The van der Waals surface area contributed by atoms with Crippen molar-refractivity contribution in [3.05, 3.63) is 56.7 Å². The second kappa shape index (κ2) is 6.32. The highest BCUT2D eigenvalue weighted by molar-refractivity contribution is 9.10. The van der Waals surface area contributed by atoms with Crippen LogP contribution in [0.3, 0.4) is 0 Å². The maximum atomic E-state index is 12.1. The zero-order valence-corrected chi connectivity index (χ0v) is 12.9. The van der Waals surface area contributed by atoms with Crippen molar-refractivity contribution in [1.82, 2.24) is 5.32 Å². The van der Waals surface area contributed by atoms with E-state index >= 15 is 0 Å². The van der Waals surface area contributed by atoms with E-state index in [-0.39, 0.29) is 11.9 Å². The highest BCUT2D eigenvalue weighted by Crippen LogP contribution is 2.20. The zero-order chi connectivity index (χ0) is 13.8. The Labute approximate surface area is 125 Å². The number of rotatable bonds is 4.